The molecule has 0 spiro atoms. The van der Waals surface area contributed by atoms with Crippen LogP contribution in [-0.2, 0) is 0 Å². The molecule has 0 radical (unpaired) electrons. The van der Waals surface area contributed by atoms with Crippen LogP contribution in [0.4, 0.5) is 8.78 Å². The summed E-state index contributed by atoms with van der Waals surface area (Å²) in [5, 5.41) is 0. The molecule has 0 saturated carbocycles. The van der Waals surface area contributed by atoms with Gasteiger partial charge in [0, 0.05) is 0 Å². The fourth-order valence-corrected chi connectivity index (χ4v) is 1.26. The van der Waals surface area contributed by atoms with Crippen LogP contribution >= 0.6 is 0 Å². The lowest BCUT2D eigenvalue weighted by atomic mass is 9.99. The van der Waals surface area contributed by atoms with Gasteiger partial charge in [-0.05, 0) is 24.0 Å². The number of hydrogen-bond acceptors (Lipinski definition) is 2. The molecule has 0 aliphatic carbocycles. The van der Waals surface area contributed by atoms with E-state index in [0.717, 1.165) is 12.5 Å². The van der Waals surface area contributed by atoms with Gasteiger partial charge >= 0.3 is 0 Å². The van der Waals surface area contributed by atoms with Crippen molar-refractivity contribution >= 4 is 0 Å². The quantitative estimate of drug-likeness (QED) is 0.788. The van der Waals surface area contributed by atoms with Crippen molar-refractivity contribution in [2.75, 3.05) is 13.2 Å². The number of hydrogen-bond donors (Lipinski definition) is 0. The largest absolute Gasteiger partial charge is 0.490 e. The van der Waals surface area contributed by atoms with Crippen molar-refractivity contribution in [1.29, 1.82) is 0 Å². The van der Waals surface area contributed by atoms with Crippen LogP contribution in [0.25, 0.3) is 0 Å². The van der Waals surface area contributed by atoms with E-state index in [-0.39, 0.29) is 23.5 Å². The lowest BCUT2D eigenvalue weighted by molar-refractivity contribution is 0.181. The number of halogens is 2. The lowest BCUT2D eigenvalue weighted by Gasteiger charge is -2.20. The van der Waals surface area contributed by atoms with Crippen LogP contribution in [0.1, 0.15) is 34.1 Å². The molecule has 1 rings (SSSR count). The van der Waals surface area contributed by atoms with E-state index in [0.29, 0.717) is 6.61 Å². The topological polar surface area (TPSA) is 18.5 Å². The molecule has 2 nitrogen and oxygen atoms in total. The van der Waals surface area contributed by atoms with E-state index in [1.54, 1.807) is 0 Å². The van der Waals surface area contributed by atoms with Crippen LogP contribution in [0.5, 0.6) is 11.5 Å². The zero-order chi connectivity index (χ0) is 13.8. The number of ether oxygens (including phenoxy) is 2. The molecule has 0 amide bonds. The van der Waals surface area contributed by atoms with Crippen LogP contribution in [0, 0.1) is 17.0 Å². The van der Waals surface area contributed by atoms with Gasteiger partial charge in [0.15, 0.2) is 17.3 Å². The number of rotatable bonds is 5. The zero-order valence-electron chi connectivity index (χ0n) is 11.3. The van der Waals surface area contributed by atoms with Gasteiger partial charge in [0.1, 0.15) is 0 Å². The van der Waals surface area contributed by atoms with Crippen LogP contribution in [0.2, 0.25) is 0 Å². The fraction of sp³-hybridized carbons (Fsp3) is 0.571. The van der Waals surface area contributed by atoms with Crippen molar-refractivity contribution in [1.82, 2.24) is 0 Å². The summed E-state index contributed by atoms with van der Waals surface area (Å²) in [7, 11) is 0. The van der Waals surface area contributed by atoms with Crippen LogP contribution in [0.3, 0.4) is 0 Å². The third-order valence-electron chi connectivity index (χ3n) is 2.12. The van der Waals surface area contributed by atoms with Gasteiger partial charge in [-0.15, -0.1) is 0 Å². The molecular weight excluding hydrogens is 238 g/mol. The lowest BCUT2D eigenvalue weighted by Crippen LogP contribution is -2.18. The average Bonchev–Trinajstić information content (AvgIpc) is 2.26. The van der Waals surface area contributed by atoms with E-state index in [9.17, 15) is 8.78 Å². The van der Waals surface area contributed by atoms with Gasteiger partial charge in [0.2, 0.25) is 5.82 Å². The van der Waals surface area contributed by atoms with Crippen LogP contribution in [-0.4, -0.2) is 13.2 Å². The minimum atomic E-state index is -0.771. The maximum absolute atomic E-state index is 13.9. The summed E-state index contributed by atoms with van der Waals surface area (Å²) in [5.74, 6) is -1.81. The Morgan fingerprint density at radius 2 is 1.78 bits per heavy atom. The molecule has 1 aromatic rings. The molecule has 0 saturated heterocycles. The minimum Gasteiger partial charge on any atom is -0.490 e. The Hall–Kier alpha value is -1.32. The number of benzene rings is 1. The minimum absolute atomic E-state index is 0.0298. The molecule has 0 unspecified atom stereocenters. The third-order valence-corrected chi connectivity index (χ3v) is 2.12. The highest BCUT2D eigenvalue weighted by atomic mass is 19.1. The molecule has 102 valence electrons. The molecule has 0 N–H and O–H groups in total. The maximum Gasteiger partial charge on any atom is 0.209 e. The van der Waals surface area contributed by atoms with E-state index < -0.39 is 11.6 Å². The van der Waals surface area contributed by atoms with Gasteiger partial charge < -0.3 is 9.47 Å². The summed E-state index contributed by atoms with van der Waals surface area (Å²) < 4.78 is 37.9. The fourth-order valence-electron chi connectivity index (χ4n) is 1.26. The summed E-state index contributed by atoms with van der Waals surface area (Å²) in [6.07, 6.45) is 0.759. The van der Waals surface area contributed by atoms with Gasteiger partial charge in [-0.1, -0.05) is 27.7 Å². The van der Waals surface area contributed by atoms with E-state index in [4.69, 9.17) is 9.47 Å². The van der Waals surface area contributed by atoms with E-state index in [2.05, 4.69) is 0 Å². The van der Waals surface area contributed by atoms with Crippen molar-refractivity contribution in [2.24, 2.45) is 5.41 Å². The summed E-state index contributed by atoms with van der Waals surface area (Å²) in [6, 6.07) is 2.44. The Balaban J connectivity index is 2.88. The Bertz CT molecular complexity index is 398. The van der Waals surface area contributed by atoms with Crippen LogP contribution in [0.15, 0.2) is 12.1 Å². The predicted molar refractivity (Wildman–Crippen MR) is 67.1 cm³/mol. The second kappa shape index (κ2) is 6.03. The first-order chi connectivity index (χ1) is 8.35. The Morgan fingerprint density at radius 3 is 2.33 bits per heavy atom. The van der Waals surface area contributed by atoms with Crippen molar-refractivity contribution in [2.45, 2.75) is 34.1 Å². The van der Waals surface area contributed by atoms with Crippen molar-refractivity contribution in [3.8, 4) is 11.5 Å². The second-order valence-corrected chi connectivity index (χ2v) is 5.39. The molecule has 4 heteroatoms. The van der Waals surface area contributed by atoms with Crippen LogP contribution < -0.4 is 9.47 Å². The van der Waals surface area contributed by atoms with Gasteiger partial charge in [-0.2, -0.15) is 4.39 Å². The van der Waals surface area contributed by atoms with E-state index in [1.165, 1.54) is 6.07 Å². The van der Waals surface area contributed by atoms with Crippen molar-refractivity contribution in [3.63, 3.8) is 0 Å². The summed E-state index contributed by atoms with van der Waals surface area (Å²) in [5.41, 5.74) is -0.167. The van der Waals surface area contributed by atoms with Crippen molar-refractivity contribution < 1.29 is 18.3 Å². The molecule has 0 atom stereocenters. The second-order valence-electron chi connectivity index (χ2n) is 5.39. The molecule has 18 heavy (non-hydrogen) atoms. The zero-order valence-corrected chi connectivity index (χ0v) is 11.3. The Labute approximate surface area is 107 Å². The van der Waals surface area contributed by atoms with Gasteiger partial charge in [0.05, 0.1) is 13.2 Å². The normalized spacial score (nSPS) is 11.4. The first kappa shape index (κ1) is 14.7. The maximum atomic E-state index is 13.9. The monoisotopic (exact) mass is 258 g/mol. The standard InChI is InChI=1S/C14H20F2O2/c1-5-8-17-11-7-6-10(15)13(12(11)16)18-9-14(2,3)4/h6-7H,5,8-9H2,1-4H3. The third kappa shape index (κ3) is 4.17. The van der Waals surface area contributed by atoms with E-state index in [1.807, 2.05) is 27.7 Å². The molecule has 0 bridgehead atoms. The molecule has 1 aromatic carbocycles. The Kier molecular flexibility index (Phi) is 4.93. The Morgan fingerprint density at radius 1 is 1.11 bits per heavy atom. The summed E-state index contributed by atoms with van der Waals surface area (Å²) >= 11 is 0. The van der Waals surface area contributed by atoms with Gasteiger partial charge in [0.25, 0.3) is 0 Å². The summed E-state index contributed by atoms with van der Waals surface area (Å²) in [4.78, 5) is 0. The SMILES string of the molecule is CCCOc1ccc(F)c(OCC(C)(C)C)c1F. The van der Waals surface area contributed by atoms with Crippen molar-refractivity contribution in [3.05, 3.63) is 23.8 Å². The summed E-state index contributed by atoms with van der Waals surface area (Å²) in [6.45, 7) is 8.33. The molecular formula is C14H20F2O2. The van der Waals surface area contributed by atoms with E-state index >= 15 is 0 Å². The molecule has 0 fully saturated rings. The first-order valence-electron chi connectivity index (χ1n) is 6.08. The highest BCUT2D eigenvalue weighted by Gasteiger charge is 2.19. The molecule has 0 heterocycles. The average molecular weight is 258 g/mol. The van der Waals surface area contributed by atoms with Gasteiger partial charge in [-0.3, -0.25) is 0 Å². The predicted octanol–water partition coefficient (Wildman–Crippen LogP) is 4.18. The smallest absolute Gasteiger partial charge is 0.209 e. The molecule has 0 aliphatic heterocycles. The molecule has 0 aromatic heterocycles. The van der Waals surface area contributed by atoms with Gasteiger partial charge in [-0.25, -0.2) is 4.39 Å². The highest BCUT2D eigenvalue weighted by molar-refractivity contribution is 5.37. The molecule has 0 aliphatic rings. The highest BCUT2D eigenvalue weighted by Crippen LogP contribution is 2.30. The first-order valence-corrected chi connectivity index (χ1v) is 6.08.